The largest absolute Gasteiger partial charge is 0.366 e. The lowest BCUT2D eigenvalue weighted by molar-refractivity contribution is -0.384. The zero-order valence-electron chi connectivity index (χ0n) is 17.9. The van der Waals surface area contributed by atoms with Crippen LogP contribution in [0.5, 0.6) is 0 Å². The van der Waals surface area contributed by atoms with Crippen LogP contribution in [0.4, 0.5) is 11.4 Å². The van der Waals surface area contributed by atoms with Gasteiger partial charge in [-0.1, -0.05) is 36.4 Å². The lowest BCUT2D eigenvalue weighted by Crippen LogP contribution is -2.30. The zero-order chi connectivity index (χ0) is 22.5. The van der Waals surface area contributed by atoms with Gasteiger partial charge in [-0.3, -0.25) is 14.9 Å². The van der Waals surface area contributed by atoms with E-state index in [1.54, 1.807) is 12.1 Å². The summed E-state index contributed by atoms with van der Waals surface area (Å²) < 4.78 is 0. The Morgan fingerprint density at radius 1 is 1.16 bits per heavy atom. The number of piperidine rings is 1. The Morgan fingerprint density at radius 2 is 1.88 bits per heavy atom. The van der Waals surface area contributed by atoms with E-state index in [1.807, 2.05) is 41.3 Å². The molecule has 4 rings (SSSR count). The molecule has 164 valence electrons. The third-order valence-corrected chi connectivity index (χ3v) is 6.11. The molecule has 0 radical (unpaired) electrons. The number of hydrogen-bond donors (Lipinski definition) is 1. The van der Waals surface area contributed by atoms with Crippen LogP contribution in [0.1, 0.15) is 49.3 Å². The molecule has 1 heterocycles. The van der Waals surface area contributed by atoms with Crippen LogP contribution in [0.25, 0.3) is 6.08 Å². The lowest BCUT2D eigenvalue weighted by atomic mass is 10.0. The molecular weight excluding hydrogens is 404 g/mol. The van der Waals surface area contributed by atoms with Crippen molar-refractivity contribution < 1.29 is 9.72 Å². The fourth-order valence-corrected chi connectivity index (χ4v) is 4.28. The average molecular weight is 431 g/mol. The predicted molar refractivity (Wildman–Crippen MR) is 123 cm³/mol. The molecule has 1 saturated heterocycles. The fraction of sp³-hybridized carbons (Fsp3) is 0.360. The summed E-state index contributed by atoms with van der Waals surface area (Å²) in [6.45, 7) is 1.59. The highest BCUT2D eigenvalue weighted by molar-refractivity contribution is 6.02. The van der Waals surface area contributed by atoms with E-state index < -0.39 is 10.8 Å². The second kappa shape index (κ2) is 9.65. The van der Waals surface area contributed by atoms with Crippen LogP contribution in [0.15, 0.2) is 54.1 Å². The number of nitrogens with one attached hydrogen (secondary N) is 1. The van der Waals surface area contributed by atoms with Gasteiger partial charge in [0.2, 0.25) is 0 Å². The molecule has 7 nitrogen and oxygen atoms in total. The van der Waals surface area contributed by atoms with Gasteiger partial charge in [0.1, 0.15) is 17.3 Å². The summed E-state index contributed by atoms with van der Waals surface area (Å²) in [5, 5.41) is 24.3. The van der Waals surface area contributed by atoms with E-state index in [-0.39, 0.29) is 17.3 Å². The van der Waals surface area contributed by atoms with Gasteiger partial charge in [-0.2, -0.15) is 5.26 Å². The molecule has 1 aliphatic carbocycles. The van der Waals surface area contributed by atoms with Crippen molar-refractivity contribution >= 4 is 23.4 Å². The van der Waals surface area contributed by atoms with Gasteiger partial charge in [0.05, 0.1) is 11.0 Å². The number of nitro groups is 1. The number of benzene rings is 2. The summed E-state index contributed by atoms with van der Waals surface area (Å²) >= 11 is 0. The number of anilines is 1. The molecule has 7 heteroatoms. The fourth-order valence-electron chi connectivity index (χ4n) is 4.28. The van der Waals surface area contributed by atoms with E-state index in [9.17, 15) is 20.2 Å². The van der Waals surface area contributed by atoms with Gasteiger partial charge in [0.15, 0.2) is 0 Å². The van der Waals surface area contributed by atoms with Crippen molar-refractivity contribution in [1.82, 2.24) is 5.32 Å². The SMILES string of the molecule is N#CC(=Cc1ccc(N2CCCCC2)c([N+](=O)[O-])c1)C(=O)NC(c1ccccc1)C1CC1. The predicted octanol–water partition coefficient (Wildman–Crippen LogP) is 4.76. The van der Waals surface area contributed by atoms with E-state index >= 15 is 0 Å². The molecule has 1 N–H and O–H groups in total. The molecule has 1 saturated carbocycles. The normalized spacial score (nSPS) is 17.3. The number of nitriles is 1. The Kier molecular flexibility index (Phi) is 6.50. The van der Waals surface area contributed by atoms with Crippen LogP contribution in [-0.4, -0.2) is 23.9 Å². The lowest BCUT2D eigenvalue weighted by Gasteiger charge is -2.28. The van der Waals surface area contributed by atoms with E-state index in [0.29, 0.717) is 17.2 Å². The van der Waals surface area contributed by atoms with E-state index in [2.05, 4.69) is 5.32 Å². The number of nitrogens with zero attached hydrogens (tertiary/aromatic N) is 3. The monoisotopic (exact) mass is 430 g/mol. The molecule has 2 aromatic carbocycles. The number of carbonyl (C=O) groups excluding carboxylic acids is 1. The summed E-state index contributed by atoms with van der Waals surface area (Å²) in [4.78, 5) is 26.2. The topological polar surface area (TPSA) is 99.3 Å². The van der Waals surface area contributed by atoms with Gasteiger partial charge in [0, 0.05) is 19.2 Å². The highest BCUT2D eigenvalue weighted by atomic mass is 16.6. The quantitative estimate of drug-likeness (QED) is 0.295. The van der Waals surface area contributed by atoms with E-state index in [0.717, 1.165) is 50.8 Å². The van der Waals surface area contributed by atoms with Crippen molar-refractivity contribution in [3.05, 3.63) is 75.3 Å². The number of nitro benzene ring substituents is 1. The van der Waals surface area contributed by atoms with Gasteiger partial charge >= 0.3 is 0 Å². The maximum atomic E-state index is 12.9. The summed E-state index contributed by atoms with van der Waals surface area (Å²) in [5.41, 5.74) is 2.01. The van der Waals surface area contributed by atoms with Crippen LogP contribution in [-0.2, 0) is 4.79 Å². The smallest absolute Gasteiger partial charge is 0.293 e. The van der Waals surface area contributed by atoms with Crippen LogP contribution in [0.2, 0.25) is 0 Å². The summed E-state index contributed by atoms with van der Waals surface area (Å²) in [6, 6.07) is 16.5. The number of amides is 1. The first-order chi connectivity index (χ1) is 15.6. The van der Waals surface area contributed by atoms with E-state index in [1.165, 1.54) is 12.1 Å². The maximum Gasteiger partial charge on any atom is 0.293 e. The first kappa shape index (κ1) is 21.6. The average Bonchev–Trinajstić information content (AvgIpc) is 3.67. The Hall–Kier alpha value is -3.66. The third kappa shape index (κ3) is 4.97. The highest BCUT2D eigenvalue weighted by Crippen LogP contribution is 2.41. The van der Waals surface area contributed by atoms with Crippen LogP contribution in [0, 0.1) is 27.4 Å². The molecule has 0 bridgehead atoms. The van der Waals surface area contributed by atoms with Gasteiger partial charge in [-0.15, -0.1) is 0 Å². The van der Waals surface area contributed by atoms with Gasteiger partial charge in [-0.05, 0) is 61.3 Å². The minimum atomic E-state index is -0.462. The molecule has 32 heavy (non-hydrogen) atoms. The van der Waals surface area contributed by atoms with Crippen LogP contribution in [0.3, 0.4) is 0 Å². The van der Waals surface area contributed by atoms with Crippen LogP contribution >= 0.6 is 0 Å². The minimum Gasteiger partial charge on any atom is -0.366 e. The summed E-state index contributed by atoms with van der Waals surface area (Å²) in [5.74, 6) is -0.0952. The van der Waals surface area contributed by atoms with Crippen molar-refractivity contribution in [2.24, 2.45) is 5.92 Å². The number of carbonyl (C=O) groups is 1. The zero-order valence-corrected chi connectivity index (χ0v) is 17.9. The number of rotatable bonds is 7. The Bertz CT molecular complexity index is 1060. The first-order valence-electron chi connectivity index (χ1n) is 11.1. The second-order valence-electron chi connectivity index (χ2n) is 8.42. The molecule has 1 amide bonds. The maximum absolute atomic E-state index is 12.9. The number of hydrogen-bond acceptors (Lipinski definition) is 5. The third-order valence-electron chi connectivity index (χ3n) is 6.11. The van der Waals surface area contributed by atoms with Crippen LogP contribution < -0.4 is 10.2 Å². The molecule has 1 atom stereocenters. The summed E-state index contributed by atoms with van der Waals surface area (Å²) in [6.07, 6.45) is 6.67. The van der Waals surface area contributed by atoms with Crippen molar-refractivity contribution in [3.8, 4) is 6.07 Å². The Balaban J connectivity index is 1.57. The molecule has 2 aromatic rings. The van der Waals surface area contributed by atoms with Gasteiger partial charge < -0.3 is 10.2 Å². The molecule has 0 spiro atoms. The molecule has 1 aliphatic heterocycles. The van der Waals surface area contributed by atoms with Gasteiger partial charge in [-0.25, -0.2) is 0 Å². The van der Waals surface area contributed by atoms with Gasteiger partial charge in [0.25, 0.3) is 11.6 Å². The second-order valence-corrected chi connectivity index (χ2v) is 8.42. The van der Waals surface area contributed by atoms with Crippen molar-refractivity contribution in [2.75, 3.05) is 18.0 Å². The first-order valence-corrected chi connectivity index (χ1v) is 11.1. The standard InChI is InChI=1S/C25H26N4O3/c26-17-21(25(30)27-24(20-10-11-20)19-7-3-1-4-8-19)15-18-9-12-22(23(16-18)29(31)32)28-13-5-2-6-14-28/h1,3-4,7-9,12,15-16,20,24H,2,5-6,10-11,13-14H2,(H,27,30). The Morgan fingerprint density at radius 3 is 2.50 bits per heavy atom. The van der Waals surface area contributed by atoms with E-state index in [4.69, 9.17) is 0 Å². The minimum absolute atomic E-state index is 0.00140. The Labute approximate surface area is 187 Å². The molecule has 0 aromatic heterocycles. The molecule has 2 aliphatic rings. The molecule has 2 fully saturated rings. The molecular formula is C25H26N4O3. The van der Waals surface area contributed by atoms with Crippen molar-refractivity contribution in [1.29, 1.82) is 5.26 Å². The van der Waals surface area contributed by atoms with Crippen molar-refractivity contribution in [2.45, 2.75) is 38.1 Å². The highest BCUT2D eigenvalue weighted by Gasteiger charge is 2.34. The molecule has 1 unspecified atom stereocenters. The van der Waals surface area contributed by atoms with Crippen molar-refractivity contribution in [3.63, 3.8) is 0 Å². The summed E-state index contributed by atoms with van der Waals surface area (Å²) in [7, 11) is 0.